The van der Waals surface area contributed by atoms with E-state index < -0.39 is 10.2 Å². The summed E-state index contributed by atoms with van der Waals surface area (Å²) in [6.07, 6.45) is 3.02. The maximum atomic E-state index is 12.3. The van der Waals surface area contributed by atoms with Crippen molar-refractivity contribution in [2.45, 2.75) is 39.0 Å². The van der Waals surface area contributed by atoms with Gasteiger partial charge in [0.25, 0.3) is 0 Å². The summed E-state index contributed by atoms with van der Waals surface area (Å²) < 4.78 is 29.0. The topological polar surface area (TPSA) is 49.4 Å². The van der Waals surface area contributed by atoms with Gasteiger partial charge in [0.05, 0.1) is 5.69 Å². The fraction of sp³-hybridized carbons (Fsp3) is 0.571. The van der Waals surface area contributed by atoms with Crippen molar-refractivity contribution in [2.75, 3.05) is 17.8 Å². The predicted octanol–water partition coefficient (Wildman–Crippen LogP) is 2.95. The zero-order valence-electron chi connectivity index (χ0n) is 11.6. The quantitative estimate of drug-likeness (QED) is 0.923. The highest BCUT2D eigenvalue weighted by Gasteiger charge is 2.24. The number of para-hydroxylation sites is 1. The van der Waals surface area contributed by atoms with Gasteiger partial charge < -0.3 is 0 Å². The van der Waals surface area contributed by atoms with Crippen molar-refractivity contribution in [1.29, 1.82) is 0 Å². The summed E-state index contributed by atoms with van der Waals surface area (Å²) in [6, 6.07) is 7.60. The Hall–Kier alpha value is -1.07. The lowest BCUT2D eigenvalue weighted by molar-refractivity contribution is 0.349. The average molecular weight is 282 g/mol. The van der Waals surface area contributed by atoms with Crippen LogP contribution in [0, 0.1) is 0 Å². The first-order valence-electron chi connectivity index (χ1n) is 6.87. The molecule has 1 aromatic rings. The molecular formula is C14H22N2O2S. The molecule has 1 fully saturated rings. The molecule has 0 amide bonds. The second kappa shape index (κ2) is 5.92. The van der Waals surface area contributed by atoms with Gasteiger partial charge in [-0.15, -0.1) is 0 Å². The maximum absolute atomic E-state index is 12.3. The molecule has 0 radical (unpaired) electrons. The van der Waals surface area contributed by atoms with E-state index in [2.05, 4.69) is 18.6 Å². The molecule has 4 nitrogen and oxygen atoms in total. The molecule has 1 aromatic carbocycles. The molecule has 0 saturated carbocycles. The molecule has 1 N–H and O–H groups in total. The lowest BCUT2D eigenvalue weighted by Crippen LogP contribution is -2.39. The van der Waals surface area contributed by atoms with E-state index in [1.54, 1.807) is 4.31 Å². The summed E-state index contributed by atoms with van der Waals surface area (Å²) in [6.45, 7) is 5.38. The summed E-state index contributed by atoms with van der Waals surface area (Å²) >= 11 is 0. The Balaban J connectivity index is 2.20. The molecule has 0 aromatic heterocycles. The van der Waals surface area contributed by atoms with Gasteiger partial charge in [-0.3, -0.25) is 4.72 Å². The van der Waals surface area contributed by atoms with E-state index >= 15 is 0 Å². The number of piperidine rings is 1. The Morgan fingerprint density at radius 1 is 1.11 bits per heavy atom. The molecule has 0 aliphatic carbocycles. The number of rotatable bonds is 4. The third-order valence-electron chi connectivity index (χ3n) is 3.48. The van der Waals surface area contributed by atoms with E-state index in [1.165, 1.54) is 0 Å². The molecule has 1 aliphatic rings. The van der Waals surface area contributed by atoms with Crippen LogP contribution in [0.25, 0.3) is 0 Å². The van der Waals surface area contributed by atoms with Gasteiger partial charge in [0, 0.05) is 13.1 Å². The minimum Gasteiger partial charge on any atom is -0.271 e. The first-order chi connectivity index (χ1) is 9.00. The number of hydrogen-bond acceptors (Lipinski definition) is 2. The Kier molecular flexibility index (Phi) is 4.47. The minimum absolute atomic E-state index is 0.292. The molecule has 19 heavy (non-hydrogen) atoms. The molecule has 0 unspecified atom stereocenters. The van der Waals surface area contributed by atoms with Crippen LogP contribution in [-0.4, -0.2) is 25.8 Å². The third-order valence-corrected chi connectivity index (χ3v) is 5.00. The first-order valence-corrected chi connectivity index (χ1v) is 8.31. The molecule has 2 rings (SSSR count). The predicted molar refractivity (Wildman–Crippen MR) is 78.5 cm³/mol. The van der Waals surface area contributed by atoms with Gasteiger partial charge in [-0.2, -0.15) is 12.7 Å². The SMILES string of the molecule is CC(C)c1ccccc1NS(=O)(=O)N1CCCCC1. The number of nitrogens with one attached hydrogen (secondary N) is 1. The first kappa shape index (κ1) is 14.3. The average Bonchev–Trinajstić information content (AvgIpc) is 2.39. The number of nitrogens with zero attached hydrogens (tertiary/aromatic N) is 1. The zero-order chi connectivity index (χ0) is 13.9. The Morgan fingerprint density at radius 2 is 1.74 bits per heavy atom. The second-order valence-electron chi connectivity index (χ2n) is 5.31. The standard InChI is InChI=1S/C14H22N2O2S/c1-12(2)13-8-4-5-9-14(13)15-19(17,18)16-10-6-3-7-11-16/h4-5,8-9,12,15H,3,6-7,10-11H2,1-2H3. The van der Waals surface area contributed by atoms with Crippen LogP contribution >= 0.6 is 0 Å². The third kappa shape index (κ3) is 3.48. The monoisotopic (exact) mass is 282 g/mol. The molecule has 1 saturated heterocycles. The lowest BCUT2D eigenvalue weighted by atomic mass is 10.0. The molecular weight excluding hydrogens is 260 g/mol. The lowest BCUT2D eigenvalue weighted by Gasteiger charge is -2.27. The zero-order valence-corrected chi connectivity index (χ0v) is 12.4. The summed E-state index contributed by atoms with van der Waals surface area (Å²) in [5.41, 5.74) is 1.73. The van der Waals surface area contributed by atoms with Crippen LogP contribution in [-0.2, 0) is 10.2 Å². The molecule has 0 spiro atoms. The molecule has 5 heteroatoms. The van der Waals surface area contributed by atoms with Crippen LogP contribution in [0.4, 0.5) is 5.69 Å². The minimum atomic E-state index is -3.41. The van der Waals surface area contributed by atoms with Gasteiger partial charge >= 0.3 is 10.2 Å². The van der Waals surface area contributed by atoms with Crippen LogP contribution in [0.1, 0.15) is 44.6 Å². The van der Waals surface area contributed by atoms with Gasteiger partial charge in [0.1, 0.15) is 0 Å². The summed E-state index contributed by atoms with van der Waals surface area (Å²) in [5, 5.41) is 0. The highest BCUT2D eigenvalue weighted by molar-refractivity contribution is 7.90. The maximum Gasteiger partial charge on any atom is 0.301 e. The van der Waals surface area contributed by atoms with Gasteiger partial charge in [-0.25, -0.2) is 0 Å². The fourth-order valence-corrected chi connectivity index (χ4v) is 3.73. The highest BCUT2D eigenvalue weighted by atomic mass is 32.2. The molecule has 1 heterocycles. The summed E-state index contributed by atoms with van der Waals surface area (Å²) in [5.74, 6) is 0.292. The molecule has 106 valence electrons. The van der Waals surface area contributed by atoms with Crippen molar-refractivity contribution in [3.8, 4) is 0 Å². The van der Waals surface area contributed by atoms with Crippen LogP contribution in [0.3, 0.4) is 0 Å². The molecule has 0 bridgehead atoms. The molecule has 0 atom stereocenters. The van der Waals surface area contributed by atoms with E-state index in [1.807, 2.05) is 24.3 Å². The van der Waals surface area contributed by atoms with Crippen molar-refractivity contribution in [2.24, 2.45) is 0 Å². The van der Waals surface area contributed by atoms with Crippen molar-refractivity contribution in [3.63, 3.8) is 0 Å². The van der Waals surface area contributed by atoms with E-state index in [0.717, 1.165) is 24.8 Å². The van der Waals surface area contributed by atoms with Crippen molar-refractivity contribution >= 4 is 15.9 Å². The fourth-order valence-electron chi connectivity index (χ4n) is 2.40. The Labute approximate surface area is 116 Å². The smallest absolute Gasteiger partial charge is 0.271 e. The van der Waals surface area contributed by atoms with Gasteiger partial charge in [-0.05, 0) is 30.4 Å². The van der Waals surface area contributed by atoms with Gasteiger partial charge in [-0.1, -0.05) is 38.5 Å². The van der Waals surface area contributed by atoms with Crippen LogP contribution in [0.2, 0.25) is 0 Å². The van der Waals surface area contributed by atoms with Crippen LogP contribution in [0.5, 0.6) is 0 Å². The van der Waals surface area contributed by atoms with Crippen molar-refractivity contribution < 1.29 is 8.42 Å². The van der Waals surface area contributed by atoms with Crippen LogP contribution in [0.15, 0.2) is 24.3 Å². The molecule has 1 aliphatic heterocycles. The van der Waals surface area contributed by atoms with Crippen molar-refractivity contribution in [3.05, 3.63) is 29.8 Å². The van der Waals surface area contributed by atoms with Gasteiger partial charge in [0.15, 0.2) is 0 Å². The van der Waals surface area contributed by atoms with E-state index in [9.17, 15) is 8.42 Å². The van der Waals surface area contributed by atoms with Crippen molar-refractivity contribution in [1.82, 2.24) is 4.31 Å². The van der Waals surface area contributed by atoms with E-state index in [0.29, 0.717) is 24.7 Å². The summed E-state index contributed by atoms with van der Waals surface area (Å²) in [7, 11) is -3.41. The number of anilines is 1. The van der Waals surface area contributed by atoms with Gasteiger partial charge in [0.2, 0.25) is 0 Å². The highest BCUT2D eigenvalue weighted by Crippen LogP contribution is 2.25. The van der Waals surface area contributed by atoms with E-state index in [4.69, 9.17) is 0 Å². The summed E-state index contributed by atoms with van der Waals surface area (Å²) in [4.78, 5) is 0. The van der Waals surface area contributed by atoms with Crippen LogP contribution < -0.4 is 4.72 Å². The normalized spacial score (nSPS) is 17.6. The number of benzene rings is 1. The largest absolute Gasteiger partial charge is 0.301 e. The Morgan fingerprint density at radius 3 is 2.37 bits per heavy atom. The van der Waals surface area contributed by atoms with E-state index in [-0.39, 0.29) is 0 Å². The second-order valence-corrected chi connectivity index (χ2v) is 6.98. The number of hydrogen-bond donors (Lipinski definition) is 1. The Bertz CT molecular complexity index is 520.